The van der Waals surface area contributed by atoms with Gasteiger partial charge >= 0.3 is 0 Å². The van der Waals surface area contributed by atoms with Crippen molar-refractivity contribution in [1.82, 2.24) is 9.97 Å². The van der Waals surface area contributed by atoms with E-state index in [1.165, 1.54) is 0 Å². The molecule has 0 bridgehead atoms. The van der Waals surface area contributed by atoms with Crippen LogP contribution in [0.15, 0.2) is 4.79 Å². The highest BCUT2D eigenvalue weighted by molar-refractivity contribution is 5.67. The normalized spacial score (nSPS) is 19.2. The van der Waals surface area contributed by atoms with Gasteiger partial charge in [0.05, 0.1) is 12.1 Å². The van der Waals surface area contributed by atoms with Crippen LogP contribution in [-0.4, -0.2) is 33.8 Å². The van der Waals surface area contributed by atoms with Crippen LogP contribution in [-0.2, 0) is 0 Å². The van der Waals surface area contributed by atoms with Gasteiger partial charge in [-0.25, -0.2) is 0 Å². The van der Waals surface area contributed by atoms with Crippen molar-refractivity contribution < 1.29 is 5.11 Å². The van der Waals surface area contributed by atoms with Gasteiger partial charge in [-0.2, -0.15) is 4.98 Å². The van der Waals surface area contributed by atoms with Gasteiger partial charge in [0, 0.05) is 6.54 Å². The van der Waals surface area contributed by atoms with Crippen molar-refractivity contribution in [1.29, 1.82) is 0 Å². The lowest BCUT2D eigenvalue weighted by atomic mass is 10.0. The third-order valence-corrected chi connectivity index (χ3v) is 3.32. The number of aromatic amines is 1. The van der Waals surface area contributed by atoms with Crippen molar-refractivity contribution in [3.8, 4) is 0 Å². The standard InChI is InChI=1S/C12H21N5O2/c1-2-3-4-5-8(18)7-6-14-10-9(15-7)11(19)17-12(13)16-10/h7-8,15,18H,2-6H2,1H3,(H4,13,14,16,17,19)/t7-,8-/m1/s1. The SMILES string of the molecule is CCCCC[C@@H](O)[C@H]1CNc2nc(N)[nH]c(=O)c2N1. The van der Waals surface area contributed by atoms with Crippen LogP contribution in [0, 0.1) is 0 Å². The highest BCUT2D eigenvalue weighted by atomic mass is 16.3. The number of nitrogens with one attached hydrogen (secondary N) is 3. The number of rotatable bonds is 5. The van der Waals surface area contributed by atoms with Crippen molar-refractivity contribution in [3.63, 3.8) is 0 Å². The Hall–Kier alpha value is -1.76. The lowest BCUT2D eigenvalue weighted by Crippen LogP contribution is -2.44. The van der Waals surface area contributed by atoms with Crippen LogP contribution in [0.3, 0.4) is 0 Å². The van der Waals surface area contributed by atoms with Crippen LogP contribution >= 0.6 is 0 Å². The minimum absolute atomic E-state index is 0.0833. The number of nitrogens with zero attached hydrogens (tertiary/aromatic N) is 1. The van der Waals surface area contributed by atoms with Gasteiger partial charge in [0.15, 0.2) is 5.82 Å². The minimum atomic E-state index is -0.482. The molecule has 0 radical (unpaired) electrons. The van der Waals surface area contributed by atoms with E-state index < -0.39 is 6.10 Å². The molecule has 0 amide bonds. The topological polar surface area (TPSA) is 116 Å². The van der Waals surface area contributed by atoms with Crippen LogP contribution in [0.25, 0.3) is 0 Å². The molecule has 2 rings (SSSR count). The number of unbranched alkanes of at least 4 members (excludes halogenated alkanes) is 2. The van der Waals surface area contributed by atoms with Crippen LogP contribution in [0.1, 0.15) is 32.6 Å². The Morgan fingerprint density at radius 1 is 1.53 bits per heavy atom. The van der Waals surface area contributed by atoms with Gasteiger partial charge < -0.3 is 21.5 Å². The zero-order valence-electron chi connectivity index (χ0n) is 11.1. The molecule has 19 heavy (non-hydrogen) atoms. The highest BCUT2D eigenvalue weighted by Gasteiger charge is 2.26. The van der Waals surface area contributed by atoms with E-state index in [-0.39, 0.29) is 17.5 Å². The Labute approximate surface area is 111 Å². The fraction of sp³-hybridized carbons (Fsp3) is 0.667. The first-order valence-corrected chi connectivity index (χ1v) is 6.70. The maximum atomic E-state index is 11.8. The third-order valence-electron chi connectivity index (χ3n) is 3.32. The maximum absolute atomic E-state index is 11.8. The Bertz CT molecular complexity index is 487. The summed E-state index contributed by atoms with van der Waals surface area (Å²) in [5.41, 5.74) is 5.50. The molecule has 2 atom stereocenters. The van der Waals surface area contributed by atoms with E-state index in [1.807, 2.05) is 0 Å². The molecule has 0 spiro atoms. The summed E-state index contributed by atoms with van der Waals surface area (Å²) in [5, 5.41) is 16.2. The molecule has 106 valence electrons. The molecule has 1 aliphatic rings. The molecule has 1 aliphatic heterocycles. The van der Waals surface area contributed by atoms with Crippen molar-refractivity contribution in [2.45, 2.75) is 44.8 Å². The fourth-order valence-corrected chi connectivity index (χ4v) is 2.23. The maximum Gasteiger partial charge on any atom is 0.277 e. The molecule has 1 aromatic rings. The van der Waals surface area contributed by atoms with E-state index in [4.69, 9.17) is 5.73 Å². The summed E-state index contributed by atoms with van der Waals surface area (Å²) in [6, 6.07) is -0.184. The molecule has 1 aromatic heterocycles. The monoisotopic (exact) mass is 267 g/mol. The van der Waals surface area contributed by atoms with Crippen molar-refractivity contribution in [3.05, 3.63) is 10.4 Å². The molecule has 0 saturated carbocycles. The number of hydrogen-bond donors (Lipinski definition) is 5. The number of nitrogens with two attached hydrogens (primary N) is 1. The Kier molecular flexibility index (Phi) is 4.26. The first-order valence-electron chi connectivity index (χ1n) is 6.70. The van der Waals surface area contributed by atoms with Crippen LogP contribution in [0.4, 0.5) is 17.5 Å². The highest BCUT2D eigenvalue weighted by Crippen LogP contribution is 2.22. The largest absolute Gasteiger partial charge is 0.391 e. The van der Waals surface area contributed by atoms with Gasteiger partial charge in [-0.3, -0.25) is 9.78 Å². The molecule has 0 aromatic carbocycles. The summed E-state index contributed by atoms with van der Waals surface area (Å²) in [6.45, 7) is 2.65. The van der Waals surface area contributed by atoms with Gasteiger partial charge in [-0.05, 0) is 6.42 Å². The Morgan fingerprint density at radius 2 is 2.32 bits per heavy atom. The first kappa shape index (κ1) is 13.7. The number of hydrogen-bond acceptors (Lipinski definition) is 6. The number of aliphatic hydroxyl groups is 1. The zero-order chi connectivity index (χ0) is 13.8. The summed E-state index contributed by atoms with van der Waals surface area (Å²) in [4.78, 5) is 18.2. The number of H-pyrrole nitrogens is 1. The van der Waals surface area contributed by atoms with E-state index in [0.717, 1.165) is 25.7 Å². The van der Waals surface area contributed by atoms with E-state index >= 15 is 0 Å². The second-order valence-electron chi connectivity index (χ2n) is 4.87. The zero-order valence-corrected chi connectivity index (χ0v) is 11.1. The third kappa shape index (κ3) is 3.17. The van der Waals surface area contributed by atoms with Gasteiger partial charge in [-0.1, -0.05) is 26.2 Å². The lowest BCUT2D eigenvalue weighted by Gasteiger charge is -2.30. The molecule has 6 N–H and O–H groups in total. The fourth-order valence-electron chi connectivity index (χ4n) is 2.23. The smallest absolute Gasteiger partial charge is 0.277 e. The van der Waals surface area contributed by atoms with Crippen molar-refractivity contribution >= 4 is 17.5 Å². The summed E-state index contributed by atoms with van der Waals surface area (Å²) in [5.74, 6) is 0.526. The van der Waals surface area contributed by atoms with E-state index in [1.54, 1.807) is 0 Å². The van der Waals surface area contributed by atoms with E-state index in [0.29, 0.717) is 18.1 Å². The van der Waals surface area contributed by atoms with Gasteiger partial charge in [0.1, 0.15) is 5.69 Å². The molecular weight excluding hydrogens is 246 g/mol. The molecular formula is C12H21N5O2. The molecule has 2 heterocycles. The van der Waals surface area contributed by atoms with Gasteiger partial charge in [-0.15, -0.1) is 0 Å². The van der Waals surface area contributed by atoms with Crippen LogP contribution in [0.2, 0.25) is 0 Å². The summed E-state index contributed by atoms with van der Waals surface area (Å²) >= 11 is 0. The number of nitrogen functional groups attached to an aromatic ring is 1. The van der Waals surface area contributed by atoms with Crippen LogP contribution in [0.5, 0.6) is 0 Å². The van der Waals surface area contributed by atoms with Crippen LogP contribution < -0.4 is 21.9 Å². The number of anilines is 3. The second-order valence-corrected chi connectivity index (χ2v) is 4.87. The summed E-state index contributed by atoms with van der Waals surface area (Å²) in [6.07, 6.45) is 3.45. The second kappa shape index (κ2) is 5.92. The average molecular weight is 267 g/mol. The average Bonchev–Trinajstić information content (AvgIpc) is 2.38. The van der Waals surface area contributed by atoms with Gasteiger partial charge in [0.2, 0.25) is 5.95 Å². The first-order chi connectivity index (χ1) is 9.11. The predicted octanol–water partition coefficient (Wildman–Crippen LogP) is 0.499. The molecule has 0 unspecified atom stereocenters. The summed E-state index contributed by atoms with van der Waals surface area (Å²) < 4.78 is 0. The molecule has 7 nitrogen and oxygen atoms in total. The lowest BCUT2D eigenvalue weighted by molar-refractivity contribution is 0.142. The molecule has 7 heteroatoms. The molecule has 0 saturated heterocycles. The number of fused-ring (bicyclic) bond motifs is 1. The van der Waals surface area contributed by atoms with Crippen molar-refractivity contribution in [2.75, 3.05) is 22.9 Å². The van der Waals surface area contributed by atoms with Gasteiger partial charge in [0.25, 0.3) is 5.56 Å². The molecule has 0 aliphatic carbocycles. The van der Waals surface area contributed by atoms with E-state index in [2.05, 4.69) is 27.5 Å². The number of aliphatic hydroxyl groups excluding tert-OH is 1. The predicted molar refractivity (Wildman–Crippen MR) is 75.3 cm³/mol. The quantitative estimate of drug-likeness (QED) is 0.496. The molecule has 0 fully saturated rings. The van der Waals surface area contributed by atoms with Crippen molar-refractivity contribution in [2.24, 2.45) is 0 Å². The Balaban J connectivity index is 2.03. The minimum Gasteiger partial charge on any atom is -0.391 e. The summed E-state index contributed by atoms with van der Waals surface area (Å²) in [7, 11) is 0. The van der Waals surface area contributed by atoms with E-state index in [9.17, 15) is 9.90 Å². The Morgan fingerprint density at radius 3 is 3.05 bits per heavy atom. The number of aromatic nitrogens is 2.